The van der Waals surface area contributed by atoms with Gasteiger partial charge in [-0.15, -0.1) is 0 Å². The zero-order valence-electron chi connectivity index (χ0n) is 17.9. The zero-order chi connectivity index (χ0) is 22.1. The average molecular weight is 418 g/mol. The van der Waals surface area contributed by atoms with Crippen molar-refractivity contribution < 1.29 is 19.0 Å². The number of rotatable bonds is 9. The van der Waals surface area contributed by atoms with Crippen LogP contribution in [0.5, 0.6) is 17.2 Å². The molecule has 0 bridgehead atoms. The predicted octanol–water partition coefficient (Wildman–Crippen LogP) is 4.42. The maximum Gasteiger partial charge on any atom is 0.277 e. The standard InChI is InChI=1S/C25H26N2O4/c1-18-9-11-22(19(2)13-18)31-17-25(28)27-26-15-21-10-12-23(24(14-21)29-3)30-16-20-7-5-4-6-8-20/h4-15H,16-17H2,1-3H3,(H,27,28)/b26-15-. The molecule has 0 radical (unpaired) electrons. The molecule has 0 saturated heterocycles. The van der Waals surface area contributed by atoms with Crippen molar-refractivity contribution in [3.8, 4) is 17.2 Å². The highest BCUT2D eigenvalue weighted by atomic mass is 16.5. The first kappa shape index (κ1) is 21.9. The van der Waals surface area contributed by atoms with Crippen molar-refractivity contribution in [1.29, 1.82) is 0 Å². The Bertz CT molecular complexity index is 1050. The number of ether oxygens (including phenoxy) is 3. The Morgan fingerprint density at radius 1 is 0.935 bits per heavy atom. The second-order valence-electron chi connectivity index (χ2n) is 7.04. The van der Waals surface area contributed by atoms with Crippen molar-refractivity contribution in [3.63, 3.8) is 0 Å². The Labute approximate surface area is 182 Å². The van der Waals surface area contributed by atoms with E-state index in [-0.39, 0.29) is 12.5 Å². The van der Waals surface area contributed by atoms with E-state index in [1.807, 2.05) is 74.5 Å². The minimum atomic E-state index is -0.342. The summed E-state index contributed by atoms with van der Waals surface area (Å²) in [5, 5.41) is 3.99. The molecule has 0 heterocycles. The highest BCUT2D eigenvalue weighted by molar-refractivity contribution is 5.83. The number of hydrazone groups is 1. The fourth-order valence-electron chi connectivity index (χ4n) is 2.93. The van der Waals surface area contributed by atoms with Crippen LogP contribution in [0.15, 0.2) is 71.8 Å². The molecule has 0 fully saturated rings. The highest BCUT2D eigenvalue weighted by Crippen LogP contribution is 2.28. The smallest absolute Gasteiger partial charge is 0.277 e. The van der Waals surface area contributed by atoms with E-state index in [0.29, 0.717) is 23.9 Å². The van der Waals surface area contributed by atoms with E-state index in [9.17, 15) is 4.79 Å². The van der Waals surface area contributed by atoms with Crippen molar-refractivity contribution in [2.45, 2.75) is 20.5 Å². The van der Waals surface area contributed by atoms with Gasteiger partial charge in [0.05, 0.1) is 13.3 Å². The average Bonchev–Trinajstić information content (AvgIpc) is 2.78. The minimum absolute atomic E-state index is 0.114. The van der Waals surface area contributed by atoms with Crippen molar-refractivity contribution in [1.82, 2.24) is 5.43 Å². The van der Waals surface area contributed by atoms with E-state index < -0.39 is 0 Å². The van der Waals surface area contributed by atoms with E-state index in [0.717, 1.165) is 22.3 Å². The van der Waals surface area contributed by atoms with Crippen LogP contribution in [0.2, 0.25) is 0 Å². The summed E-state index contributed by atoms with van der Waals surface area (Å²) < 4.78 is 16.8. The van der Waals surface area contributed by atoms with Crippen LogP contribution in [0.4, 0.5) is 0 Å². The van der Waals surface area contributed by atoms with Gasteiger partial charge in [-0.1, -0.05) is 48.0 Å². The molecule has 0 atom stereocenters. The molecule has 0 aliphatic heterocycles. The van der Waals surface area contributed by atoms with E-state index in [1.165, 1.54) is 0 Å². The summed E-state index contributed by atoms with van der Waals surface area (Å²) in [7, 11) is 1.58. The Morgan fingerprint density at radius 3 is 2.45 bits per heavy atom. The van der Waals surface area contributed by atoms with Gasteiger partial charge in [-0.2, -0.15) is 5.10 Å². The summed E-state index contributed by atoms with van der Waals surface area (Å²) >= 11 is 0. The first-order valence-electron chi connectivity index (χ1n) is 9.92. The molecule has 0 unspecified atom stereocenters. The van der Waals surface area contributed by atoms with Crippen LogP contribution in [0.3, 0.4) is 0 Å². The van der Waals surface area contributed by atoms with Crippen LogP contribution in [0.25, 0.3) is 0 Å². The lowest BCUT2D eigenvalue weighted by Gasteiger charge is -2.11. The molecule has 0 aliphatic rings. The van der Waals surface area contributed by atoms with Crippen LogP contribution >= 0.6 is 0 Å². The Balaban J connectivity index is 1.52. The van der Waals surface area contributed by atoms with Gasteiger partial charge in [-0.05, 0) is 54.8 Å². The molecular formula is C25H26N2O4. The van der Waals surface area contributed by atoms with Crippen LogP contribution < -0.4 is 19.6 Å². The van der Waals surface area contributed by atoms with Gasteiger partial charge in [0, 0.05) is 0 Å². The monoisotopic (exact) mass is 418 g/mol. The lowest BCUT2D eigenvalue weighted by atomic mass is 10.1. The van der Waals surface area contributed by atoms with Crippen molar-refractivity contribution >= 4 is 12.1 Å². The lowest BCUT2D eigenvalue weighted by molar-refractivity contribution is -0.123. The number of carbonyl (C=O) groups is 1. The summed E-state index contributed by atoms with van der Waals surface area (Å²) in [6.07, 6.45) is 1.54. The quantitative estimate of drug-likeness (QED) is 0.413. The molecule has 1 amide bonds. The normalized spacial score (nSPS) is 10.7. The number of nitrogens with zero attached hydrogens (tertiary/aromatic N) is 1. The Hall–Kier alpha value is -3.80. The fourth-order valence-corrected chi connectivity index (χ4v) is 2.93. The van der Waals surface area contributed by atoms with Gasteiger partial charge in [0.25, 0.3) is 5.91 Å². The van der Waals surface area contributed by atoms with Gasteiger partial charge in [0.2, 0.25) is 0 Å². The van der Waals surface area contributed by atoms with Gasteiger partial charge in [-0.3, -0.25) is 4.79 Å². The number of nitrogens with one attached hydrogen (secondary N) is 1. The van der Waals surface area contributed by atoms with Crippen molar-refractivity contribution in [2.75, 3.05) is 13.7 Å². The number of methoxy groups -OCH3 is 1. The van der Waals surface area contributed by atoms with Gasteiger partial charge in [0.1, 0.15) is 12.4 Å². The first-order chi connectivity index (χ1) is 15.0. The molecule has 3 rings (SSSR count). The highest BCUT2D eigenvalue weighted by Gasteiger charge is 2.07. The molecule has 3 aromatic carbocycles. The van der Waals surface area contributed by atoms with Crippen molar-refractivity contribution in [2.24, 2.45) is 5.10 Å². The lowest BCUT2D eigenvalue weighted by Crippen LogP contribution is -2.24. The van der Waals surface area contributed by atoms with Gasteiger partial charge >= 0.3 is 0 Å². The largest absolute Gasteiger partial charge is 0.493 e. The van der Waals surface area contributed by atoms with Gasteiger partial charge < -0.3 is 14.2 Å². The van der Waals surface area contributed by atoms with Crippen LogP contribution in [-0.2, 0) is 11.4 Å². The molecule has 31 heavy (non-hydrogen) atoms. The fraction of sp³-hybridized carbons (Fsp3) is 0.200. The van der Waals surface area contributed by atoms with E-state index >= 15 is 0 Å². The molecule has 0 spiro atoms. The summed E-state index contributed by atoms with van der Waals surface area (Å²) in [6.45, 7) is 4.28. The first-order valence-corrected chi connectivity index (χ1v) is 9.92. The maximum atomic E-state index is 12.0. The third kappa shape index (κ3) is 6.60. The number of benzene rings is 3. The molecule has 6 heteroatoms. The number of aryl methyl sites for hydroxylation is 2. The molecule has 3 aromatic rings. The molecule has 0 saturated carbocycles. The summed E-state index contributed by atoms with van der Waals surface area (Å²) in [5.74, 6) is 1.56. The van der Waals surface area contributed by atoms with Gasteiger partial charge in [0.15, 0.2) is 18.1 Å². The molecule has 1 N–H and O–H groups in total. The number of amides is 1. The summed E-state index contributed by atoms with van der Waals surface area (Å²) in [4.78, 5) is 12.0. The summed E-state index contributed by atoms with van der Waals surface area (Å²) in [6, 6.07) is 21.2. The number of carbonyl (C=O) groups excluding carboxylic acids is 1. The van der Waals surface area contributed by atoms with E-state index in [2.05, 4.69) is 10.5 Å². The summed E-state index contributed by atoms with van der Waals surface area (Å²) in [5.41, 5.74) is 6.43. The van der Waals surface area contributed by atoms with E-state index in [1.54, 1.807) is 19.4 Å². The number of hydrogen-bond acceptors (Lipinski definition) is 5. The van der Waals surface area contributed by atoms with Crippen LogP contribution in [0, 0.1) is 13.8 Å². The second kappa shape index (κ2) is 10.8. The number of hydrogen-bond donors (Lipinski definition) is 1. The Kier molecular flexibility index (Phi) is 7.65. The van der Waals surface area contributed by atoms with Gasteiger partial charge in [-0.25, -0.2) is 5.43 Å². The predicted molar refractivity (Wildman–Crippen MR) is 121 cm³/mol. The Morgan fingerprint density at radius 2 is 1.71 bits per heavy atom. The van der Waals surface area contributed by atoms with Crippen molar-refractivity contribution in [3.05, 3.63) is 89.0 Å². The second-order valence-corrected chi connectivity index (χ2v) is 7.04. The van der Waals surface area contributed by atoms with Crippen LogP contribution in [0.1, 0.15) is 22.3 Å². The molecule has 6 nitrogen and oxygen atoms in total. The molecule has 160 valence electrons. The third-order valence-electron chi connectivity index (χ3n) is 4.52. The maximum absolute atomic E-state index is 12.0. The third-order valence-corrected chi connectivity index (χ3v) is 4.52. The zero-order valence-corrected chi connectivity index (χ0v) is 17.9. The molecule has 0 aromatic heterocycles. The van der Waals surface area contributed by atoms with E-state index in [4.69, 9.17) is 14.2 Å². The minimum Gasteiger partial charge on any atom is -0.493 e. The topological polar surface area (TPSA) is 69.2 Å². The molecular weight excluding hydrogens is 392 g/mol. The molecule has 0 aliphatic carbocycles. The SMILES string of the molecule is COc1cc(/C=N\NC(=O)COc2ccc(C)cc2C)ccc1OCc1ccccc1. The van der Waals surface area contributed by atoms with Crippen LogP contribution in [-0.4, -0.2) is 25.8 Å².